The van der Waals surface area contributed by atoms with Crippen molar-refractivity contribution in [2.75, 3.05) is 11.5 Å². The smallest absolute Gasteiger partial charge is 0.230 e. The number of rotatable bonds is 7. The number of nitrogens with two attached hydrogens (primary N) is 1. The summed E-state index contributed by atoms with van der Waals surface area (Å²) in [4.78, 5) is 12.1. The third-order valence-electron chi connectivity index (χ3n) is 2.86. The van der Waals surface area contributed by atoms with Gasteiger partial charge in [0.1, 0.15) is 0 Å². The molecule has 2 rings (SSSR count). The Bertz CT molecular complexity index is 573. The highest BCUT2D eigenvalue weighted by Crippen LogP contribution is 2.24. The molecule has 3 N–H and O–H groups in total. The highest BCUT2D eigenvalue weighted by molar-refractivity contribution is 8.01. The van der Waals surface area contributed by atoms with Gasteiger partial charge in [-0.1, -0.05) is 66.8 Å². The second-order valence-electron chi connectivity index (χ2n) is 4.51. The first kappa shape index (κ1) is 15.8. The van der Waals surface area contributed by atoms with Crippen LogP contribution in [0.2, 0.25) is 0 Å². The Hall–Kier alpha value is -1.60. The van der Waals surface area contributed by atoms with Gasteiger partial charge >= 0.3 is 0 Å². The van der Waals surface area contributed by atoms with E-state index >= 15 is 0 Å². The molecule has 0 fully saturated rings. The Balaban J connectivity index is 1.89. The molecule has 0 saturated carbocycles. The highest BCUT2D eigenvalue weighted by atomic mass is 32.2. The molecule has 0 spiro atoms. The molecule has 5 nitrogen and oxygen atoms in total. The number of benzene rings is 1. The molecule has 0 bridgehead atoms. The molecule has 1 heterocycles. The van der Waals surface area contributed by atoms with Crippen LogP contribution in [-0.4, -0.2) is 21.9 Å². The van der Waals surface area contributed by atoms with Crippen molar-refractivity contribution in [1.29, 1.82) is 0 Å². The molecule has 7 heteroatoms. The molecule has 0 radical (unpaired) electrons. The summed E-state index contributed by atoms with van der Waals surface area (Å²) in [6.45, 7) is 2.11. The van der Waals surface area contributed by atoms with Gasteiger partial charge in [0.15, 0.2) is 4.34 Å². The molecule has 1 aromatic carbocycles. The van der Waals surface area contributed by atoms with Gasteiger partial charge in [0, 0.05) is 0 Å². The lowest BCUT2D eigenvalue weighted by atomic mass is 10.0. The number of aromatic nitrogens is 2. The van der Waals surface area contributed by atoms with Crippen LogP contribution in [0.15, 0.2) is 34.7 Å². The van der Waals surface area contributed by atoms with Crippen molar-refractivity contribution in [3.63, 3.8) is 0 Å². The van der Waals surface area contributed by atoms with Crippen LogP contribution < -0.4 is 11.1 Å². The number of hydrogen-bond acceptors (Lipinski definition) is 6. The minimum Gasteiger partial charge on any atom is -0.374 e. The Labute approximate surface area is 132 Å². The van der Waals surface area contributed by atoms with Gasteiger partial charge in [-0.05, 0) is 12.0 Å². The van der Waals surface area contributed by atoms with E-state index in [4.69, 9.17) is 5.73 Å². The largest absolute Gasteiger partial charge is 0.374 e. The van der Waals surface area contributed by atoms with Crippen LogP contribution >= 0.6 is 23.1 Å². The van der Waals surface area contributed by atoms with E-state index in [-0.39, 0.29) is 11.9 Å². The summed E-state index contributed by atoms with van der Waals surface area (Å²) in [5.74, 6) is 0.317. The standard InChI is InChI=1S/C14H18N4OS2/c1-2-6-11(10-7-4-3-5-8-10)16-12(19)9-20-14-18-17-13(15)21-14/h3-5,7-8,11H,2,6,9H2,1H3,(H2,15,17)(H,16,19)/t11-/m1/s1. The average molecular weight is 322 g/mol. The maximum atomic E-state index is 12.1. The second-order valence-corrected chi connectivity index (χ2v) is 6.75. The third kappa shape index (κ3) is 5.02. The van der Waals surface area contributed by atoms with E-state index in [2.05, 4.69) is 22.4 Å². The van der Waals surface area contributed by atoms with Crippen LogP contribution in [0, 0.1) is 0 Å². The predicted octanol–water partition coefficient (Wildman–Crippen LogP) is 2.87. The minimum absolute atomic E-state index is 0.00363. The van der Waals surface area contributed by atoms with Crippen LogP contribution in [-0.2, 0) is 4.79 Å². The maximum absolute atomic E-state index is 12.1. The molecule has 0 unspecified atom stereocenters. The van der Waals surface area contributed by atoms with Crippen molar-refractivity contribution in [3.05, 3.63) is 35.9 Å². The number of thioether (sulfide) groups is 1. The summed E-state index contributed by atoms with van der Waals surface area (Å²) in [6, 6.07) is 10.1. The van der Waals surface area contributed by atoms with E-state index in [0.717, 1.165) is 22.7 Å². The zero-order valence-electron chi connectivity index (χ0n) is 11.8. The van der Waals surface area contributed by atoms with Gasteiger partial charge < -0.3 is 11.1 Å². The van der Waals surface area contributed by atoms with E-state index in [1.807, 2.05) is 30.3 Å². The molecule has 1 amide bonds. The Morgan fingerprint density at radius 3 is 2.76 bits per heavy atom. The molecular formula is C14H18N4OS2. The van der Waals surface area contributed by atoms with E-state index in [0.29, 0.717) is 10.9 Å². The number of nitrogens with zero attached hydrogens (tertiary/aromatic N) is 2. The lowest BCUT2D eigenvalue weighted by Gasteiger charge is -2.18. The van der Waals surface area contributed by atoms with Crippen LogP contribution in [0.4, 0.5) is 5.13 Å². The lowest BCUT2D eigenvalue weighted by Crippen LogP contribution is -2.29. The van der Waals surface area contributed by atoms with Crippen molar-refractivity contribution in [2.45, 2.75) is 30.1 Å². The number of amides is 1. The number of hydrogen-bond donors (Lipinski definition) is 2. The summed E-state index contributed by atoms with van der Waals surface area (Å²) in [5.41, 5.74) is 6.65. The highest BCUT2D eigenvalue weighted by Gasteiger charge is 2.14. The predicted molar refractivity (Wildman–Crippen MR) is 87.3 cm³/mol. The van der Waals surface area contributed by atoms with Crippen molar-refractivity contribution in [2.24, 2.45) is 0 Å². The van der Waals surface area contributed by atoms with E-state index in [1.54, 1.807) is 0 Å². The SMILES string of the molecule is CCC[C@@H](NC(=O)CSc1nnc(N)s1)c1ccccc1. The lowest BCUT2D eigenvalue weighted by molar-refractivity contribution is -0.119. The molecule has 0 aliphatic carbocycles. The van der Waals surface area contributed by atoms with Crippen LogP contribution in [0.1, 0.15) is 31.4 Å². The molecule has 0 saturated heterocycles. The molecule has 2 aromatic rings. The molecule has 0 aliphatic heterocycles. The van der Waals surface area contributed by atoms with Gasteiger partial charge in [0.25, 0.3) is 0 Å². The van der Waals surface area contributed by atoms with Gasteiger partial charge in [-0.2, -0.15) is 0 Å². The van der Waals surface area contributed by atoms with Gasteiger partial charge in [-0.15, -0.1) is 10.2 Å². The fourth-order valence-corrected chi connectivity index (χ4v) is 3.39. The molecule has 1 atom stereocenters. The van der Waals surface area contributed by atoms with Gasteiger partial charge in [0.05, 0.1) is 11.8 Å². The van der Waals surface area contributed by atoms with Crippen molar-refractivity contribution < 1.29 is 4.79 Å². The average Bonchev–Trinajstić information content (AvgIpc) is 2.91. The summed E-state index contributed by atoms with van der Waals surface area (Å²) < 4.78 is 0.717. The first-order chi connectivity index (χ1) is 10.2. The number of carbonyl (C=O) groups excluding carboxylic acids is 1. The fourth-order valence-electron chi connectivity index (χ4n) is 1.94. The van der Waals surface area contributed by atoms with Gasteiger partial charge in [-0.3, -0.25) is 4.79 Å². The molecular weight excluding hydrogens is 304 g/mol. The minimum atomic E-state index is -0.00363. The number of nitrogen functional groups attached to an aromatic ring is 1. The van der Waals surface area contributed by atoms with Gasteiger partial charge in [-0.25, -0.2) is 0 Å². The number of nitrogens with one attached hydrogen (secondary N) is 1. The number of anilines is 1. The quantitative estimate of drug-likeness (QED) is 0.766. The second kappa shape index (κ2) is 7.99. The van der Waals surface area contributed by atoms with Crippen LogP contribution in [0.25, 0.3) is 0 Å². The van der Waals surface area contributed by atoms with Crippen molar-refractivity contribution >= 4 is 34.1 Å². The van der Waals surface area contributed by atoms with Crippen LogP contribution in [0.5, 0.6) is 0 Å². The zero-order valence-corrected chi connectivity index (χ0v) is 13.4. The molecule has 21 heavy (non-hydrogen) atoms. The van der Waals surface area contributed by atoms with E-state index in [9.17, 15) is 4.79 Å². The van der Waals surface area contributed by atoms with E-state index < -0.39 is 0 Å². The molecule has 0 aliphatic rings. The summed E-state index contributed by atoms with van der Waals surface area (Å²) in [7, 11) is 0. The first-order valence-electron chi connectivity index (χ1n) is 6.75. The third-order valence-corrected chi connectivity index (χ3v) is 4.75. The topological polar surface area (TPSA) is 80.9 Å². The fraction of sp³-hybridized carbons (Fsp3) is 0.357. The molecule has 1 aromatic heterocycles. The Morgan fingerprint density at radius 2 is 2.14 bits per heavy atom. The monoisotopic (exact) mass is 322 g/mol. The van der Waals surface area contributed by atoms with Crippen molar-refractivity contribution in [3.8, 4) is 0 Å². The number of carbonyl (C=O) groups is 1. The van der Waals surface area contributed by atoms with E-state index in [1.165, 1.54) is 23.1 Å². The summed E-state index contributed by atoms with van der Waals surface area (Å²) in [6.07, 6.45) is 1.94. The van der Waals surface area contributed by atoms with Gasteiger partial charge in [0.2, 0.25) is 11.0 Å². The van der Waals surface area contributed by atoms with Crippen LogP contribution in [0.3, 0.4) is 0 Å². The normalized spacial score (nSPS) is 12.0. The first-order valence-corrected chi connectivity index (χ1v) is 8.55. The Kier molecular flexibility index (Phi) is 6.01. The maximum Gasteiger partial charge on any atom is 0.230 e. The zero-order chi connectivity index (χ0) is 15.1. The summed E-state index contributed by atoms with van der Waals surface area (Å²) in [5, 5.41) is 11.1. The Morgan fingerprint density at radius 1 is 1.38 bits per heavy atom. The van der Waals surface area contributed by atoms with Crippen molar-refractivity contribution in [1.82, 2.24) is 15.5 Å². The summed E-state index contributed by atoms with van der Waals surface area (Å²) >= 11 is 2.65. The molecule has 112 valence electrons.